The summed E-state index contributed by atoms with van der Waals surface area (Å²) < 4.78 is 10.8. The highest BCUT2D eigenvalue weighted by Crippen LogP contribution is 2.20. The van der Waals surface area contributed by atoms with Crippen LogP contribution in [0.3, 0.4) is 0 Å². The maximum absolute atomic E-state index is 12.1. The van der Waals surface area contributed by atoms with E-state index in [1.165, 1.54) is 0 Å². The topological polar surface area (TPSA) is 84.0 Å². The van der Waals surface area contributed by atoms with Crippen LogP contribution in [0.2, 0.25) is 0 Å². The summed E-state index contributed by atoms with van der Waals surface area (Å²) in [6, 6.07) is 15.4. The van der Waals surface area contributed by atoms with Crippen LogP contribution in [0.25, 0.3) is 0 Å². The van der Waals surface area contributed by atoms with Crippen molar-refractivity contribution in [2.45, 2.75) is 13.5 Å². The molecule has 0 atom stereocenters. The van der Waals surface area contributed by atoms with E-state index in [2.05, 4.69) is 20.9 Å². The van der Waals surface area contributed by atoms with E-state index in [9.17, 15) is 4.79 Å². The molecule has 0 unspecified atom stereocenters. The average Bonchev–Trinajstić information content (AvgIpc) is 2.70. The van der Waals surface area contributed by atoms with E-state index < -0.39 is 0 Å². The van der Waals surface area contributed by atoms with Gasteiger partial charge in [-0.1, -0.05) is 30.3 Å². The monoisotopic (exact) mass is 512 g/mol. The van der Waals surface area contributed by atoms with E-state index >= 15 is 0 Å². The fourth-order valence-electron chi connectivity index (χ4n) is 2.47. The summed E-state index contributed by atoms with van der Waals surface area (Å²) in [5, 5.41) is 9.03. The molecule has 0 aliphatic carbocycles. The maximum Gasteiger partial charge on any atom is 0.243 e. The molecule has 0 aromatic heterocycles. The van der Waals surface area contributed by atoms with Gasteiger partial charge in [-0.05, 0) is 30.7 Å². The number of aliphatic imine (C=N–C) groups is 1. The van der Waals surface area contributed by atoms with Crippen molar-refractivity contribution in [1.82, 2.24) is 10.6 Å². The number of aryl methyl sites for hydroxylation is 1. The largest absolute Gasteiger partial charge is 0.491 e. The van der Waals surface area contributed by atoms with Crippen LogP contribution in [0.4, 0.5) is 5.69 Å². The van der Waals surface area contributed by atoms with Crippen molar-refractivity contribution in [2.75, 3.05) is 39.2 Å². The zero-order valence-electron chi connectivity index (χ0n) is 17.0. The molecule has 2 aromatic carbocycles. The maximum atomic E-state index is 12.1. The molecule has 8 heteroatoms. The second-order valence-electron chi connectivity index (χ2n) is 6.15. The number of carbonyl (C=O) groups excluding carboxylic acids is 1. The number of nitrogens with zero attached hydrogens (tertiary/aromatic N) is 1. The number of guanidine groups is 1. The Balaban J connectivity index is 0.00000420. The zero-order chi connectivity index (χ0) is 20.2. The van der Waals surface area contributed by atoms with Gasteiger partial charge in [-0.25, -0.2) is 0 Å². The predicted molar refractivity (Wildman–Crippen MR) is 127 cm³/mol. The molecule has 0 saturated heterocycles. The minimum atomic E-state index is -0.145. The molecule has 2 aromatic rings. The molecule has 158 valence electrons. The Kier molecular flexibility index (Phi) is 11.7. The molecule has 29 heavy (non-hydrogen) atoms. The number of rotatable bonds is 9. The van der Waals surface area contributed by atoms with E-state index in [-0.39, 0.29) is 36.4 Å². The third kappa shape index (κ3) is 9.14. The number of para-hydroxylation sites is 1. The van der Waals surface area contributed by atoms with E-state index in [1.54, 1.807) is 14.2 Å². The van der Waals surface area contributed by atoms with Gasteiger partial charge < -0.3 is 25.4 Å². The molecule has 1 amide bonds. The average molecular weight is 512 g/mol. The summed E-state index contributed by atoms with van der Waals surface area (Å²) in [7, 11) is 3.31. The Morgan fingerprint density at radius 3 is 2.52 bits per heavy atom. The summed E-state index contributed by atoms with van der Waals surface area (Å²) in [4.78, 5) is 16.2. The van der Waals surface area contributed by atoms with Crippen LogP contribution in [0.1, 0.15) is 11.1 Å². The first-order valence-corrected chi connectivity index (χ1v) is 9.13. The lowest BCUT2D eigenvalue weighted by Crippen LogP contribution is -2.41. The highest BCUT2D eigenvalue weighted by atomic mass is 127. The fraction of sp³-hybridized carbons (Fsp3) is 0.333. The van der Waals surface area contributed by atoms with Gasteiger partial charge in [-0.3, -0.25) is 9.79 Å². The third-order valence-electron chi connectivity index (χ3n) is 3.91. The molecule has 0 spiro atoms. The minimum Gasteiger partial charge on any atom is -0.491 e. The van der Waals surface area contributed by atoms with Gasteiger partial charge in [-0.15, -0.1) is 24.0 Å². The van der Waals surface area contributed by atoms with Gasteiger partial charge >= 0.3 is 0 Å². The Morgan fingerprint density at radius 1 is 1.07 bits per heavy atom. The van der Waals surface area contributed by atoms with Crippen molar-refractivity contribution in [1.29, 1.82) is 0 Å². The van der Waals surface area contributed by atoms with Gasteiger partial charge in [0, 0.05) is 32.0 Å². The van der Waals surface area contributed by atoms with Gasteiger partial charge in [0.15, 0.2) is 5.96 Å². The van der Waals surface area contributed by atoms with Crippen LogP contribution in [-0.2, 0) is 16.1 Å². The van der Waals surface area contributed by atoms with Crippen molar-refractivity contribution in [2.24, 2.45) is 4.99 Å². The molecule has 0 aliphatic rings. The molecule has 3 N–H and O–H groups in total. The van der Waals surface area contributed by atoms with Crippen LogP contribution < -0.4 is 20.7 Å². The Morgan fingerprint density at radius 2 is 1.83 bits per heavy atom. The molecular weight excluding hydrogens is 483 g/mol. The van der Waals surface area contributed by atoms with Gasteiger partial charge in [0.1, 0.15) is 12.4 Å². The highest BCUT2D eigenvalue weighted by Gasteiger charge is 2.07. The molecular formula is C21H29IN4O3. The molecule has 0 bridgehead atoms. The number of carbonyl (C=O) groups is 1. The summed E-state index contributed by atoms with van der Waals surface area (Å²) in [5.41, 5.74) is 2.88. The summed E-state index contributed by atoms with van der Waals surface area (Å²) in [6.07, 6.45) is 0. The first-order valence-electron chi connectivity index (χ1n) is 9.13. The highest BCUT2D eigenvalue weighted by molar-refractivity contribution is 14.0. The van der Waals surface area contributed by atoms with E-state index in [0.29, 0.717) is 25.7 Å². The smallest absolute Gasteiger partial charge is 0.243 e. The fourth-order valence-corrected chi connectivity index (χ4v) is 2.47. The number of ether oxygens (including phenoxy) is 2. The van der Waals surface area contributed by atoms with Gasteiger partial charge in [0.05, 0.1) is 13.2 Å². The van der Waals surface area contributed by atoms with Crippen LogP contribution in [0, 0.1) is 6.92 Å². The van der Waals surface area contributed by atoms with E-state index in [1.807, 2.05) is 55.5 Å². The number of hydrogen-bond donors (Lipinski definition) is 3. The number of halogens is 1. The lowest BCUT2D eigenvalue weighted by atomic mass is 10.1. The molecule has 2 rings (SSSR count). The molecule has 0 fully saturated rings. The summed E-state index contributed by atoms with van der Waals surface area (Å²) >= 11 is 0. The molecule has 0 aliphatic heterocycles. The number of methoxy groups -OCH3 is 1. The van der Waals surface area contributed by atoms with Crippen molar-refractivity contribution in [3.05, 3.63) is 59.7 Å². The standard InChI is InChI=1S/C21H28N4O3.HI/c1-16-9-10-17(19(13-16)28-12-11-27-3)14-23-21(22-2)24-15-20(26)25-18-7-5-4-6-8-18;/h4-10,13H,11-12,14-15H2,1-3H3,(H,25,26)(H2,22,23,24);1H. The summed E-state index contributed by atoms with van der Waals surface area (Å²) in [5.74, 6) is 1.20. The number of benzene rings is 2. The van der Waals surface area contributed by atoms with E-state index in [4.69, 9.17) is 9.47 Å². The number of nitrogens with one attached hydrogen (secondary N) is 3. The number of hydrogen-bond acceptors (Lipinski definition) is 4. The van der Waals surface area contributed by atoms with Crippen LogP contribution in [-0.4, -0.2) is 45.8 Å². The lowest BCUT2D eigenvalue weighted by Gasteiger charge is -2.15. The normalized spacial score (nSPS) is 10.7. The van der Waals surface area contributed by atoms with Gasteiger partial charge in [-0.2, -0.15) is 0 Å². The molecule has 0 radical (unpaired) electrons. The number of amides is 1. The van der Waals surface area contributed by atoms with Crippen molar-refractivity contribution < 1.29 is 14.3 Å². The van der Waals surface area contributed by atoms with Crippen LogP contribution in [0.5, 0.6) is 5.75 Å². The SMILES string of the molecule is CN=C(NCC(=O)Nc1ccccc1)NCc1ccc(C)cc1OCCOC.I. The van der Waals surface area contributed by atoms with Crippen molar-refractivity contribution in [3.63, 3.8) is 0 Å². The first kappa shape index (κ1) is 24.7. The van der Waals surface area contributed by atoms with E-state index in [0.717, 1.165) is 22.6 Å². The van der Waals surface area contributed by atoms with Crippen molar-refractivity contribution in [3.8, 4) is 5.75 Å². The lowest BCUT2D eigenvalue weighted by molar-refractivity contribution is -0.115. The summed E-state index contributed by atoms with van der Waals surface area (Å²) in [6.45, 7) is 3.66. The van der Waals surface area contributed by atoms with Gasteiger partial charge in [0.2, 0.25) is 5.91 Å². The second-order valence-corrected chi connectivity index (χ2v) is 6.15. The van der Waals surface area contributed by atoms with Crippen molar-refractivity contribution >= 4 is 41.5 Å². The quantitative estimate of drug-likeness (QED) is 0.208. The molecule has 0 heterocycles. The Hall–Kier alpha value is -2.33. The number of anilines is 1. The first-order chi connectivity index (χ1) is 13.6. The van der Waals surface area contributed by atoms with Gasteiger partial charge in [0.25, 0.3) is 0 Å². The Bertz CT molecular complexity index is 785. The zero-order valence-corrected chi connectivity index (χ0v) is 19.4. The minimum absolute atomic E-state index is 0. The van der Waals surface area contributed by atoms with Crippen LogP contribution in [0.15, 0.2) is 53.5 Å². The Labute approximate surface area is 189 Å². The molecule has 0 saturated carbocycles. The third-order valence-corrected chi connectivity index (χ3v) is 3.91. The predicted octanol–water partition coefficient (Wildman–Crippen LogP) is 2.94. The van der Waals surface area contributed by atoms with Crippen LogP contribution >= 0.6 is 24.0 Å². The molecule has 7 nitrogen and oxygen atoms in total. The second kappa shape index (κ2) is 13.8.